The summed E-state index contributed by atoms with van der Waals surface area (Å²) < 4.78 is 0. The summed E-state index contributed by atoms with van der Waals surface area (Å²) in [6.07, 6.45) is 3.82. The summed E-state index contributed by atoms with van der Waals surface area (Å²) in [4.78, 5) is 0. The van der Waals surface area contributed by atoms with E-state index in [-0.39, 0.29) is 0 Å². The molecule has 1 aliphatic heterocycles. The molecule has 1 rings (SSSR count). The molecule has 3 heteroatoms. The van der Waals surface area contributed by atoms with Crippen molar-refractivity contribution in [2.45, 2.75) is 0 Å². The van der Waals surface area contributed by atoms with Crippen molar-refractivity contribution in [2.24, 2.45) is 0 Å². The highest BCUT2D eigenvalue weighted by Crippen LogP contribution is 1.68. The predicted molar refractivity (Wildman–Crippen MR) is 22.0 cm³/mol. The van der Waals surface area contributed by atoms with E-state index in [2.05, 4.69) is 5.43 Å². The molecule has 0 spiro atoms. The van der Waals surface area contributed by atoms with Gasteiger partial charge in [0.1, 0.15) is 0 Å². The fraction of sp³-hybridized carbons (Fsp3) is 0.333. The Bertz CT molecular complexity index is 68.4. The van der Waals surface area contributed by atoms with E-state index in [0.717, 1.165) is 0 Å². The minimum absolute atomic E-state index is 1.88. The van der Waals surface area contributed by atoms with E-state index in [1.165, 1.54) is 0 Å². The Labute approximate surface area is 36.6 Å². The molecule has 0 saturated carbocycles. The highest BCUT2D eigenvalue weighted by Gasteiger charge is 1.93. The van der Waals surface area contributed by atoms with Gasteiger partial charge in [0.05, 0.1) is 19.4 Å². The first-order chi connectivity index (χ1) is 2.89. The number of nitrogens with two attached hydrogens (primary N) is 1. The van der Waals surface area contributed by atoms with Crippen molar-refractivity contribution in [1.29, 1.82) is 0 Å². The molecule has 0 atom stereocenters. The lowest BCUT2D eigenvalue weighted by Gasteiger charge is -1.98. The van der Waals surface area contributed by atoms with Crippen LogP contribution in [0, 0.1) is 0 Å². The van der Waals surface area contributed by atoms with E-state index in [0.29, 0.717) is 0 Å². The van der Waals surface area contributed by atoms with Gasteiger partial charge in [-0.15, -0.1) is 5.53 Å². The van der Waals surface area contributed by atoms with Gasteiger partial charge in [-0.3, -0.25) is 0 Å². The van der Waals surface area contributed by atoms with Crippen LogP contribution in [-0.2, 0) is 0 Å². The number of nitrogens with zero attached hydrogens (tertiary/aromatic N) is 1. The van der Waals surface area contributed by atoms with Gasteiger partial charge >= 0.3 is 0 Å². The molecule has 6 heavy (non-hydrogen) atoms. The maximum absolute atomic E-state index is 2.89. The summed E-state index contributed by atoms with van der Waals surface area (Å²) >= 11 is 0. The van der Waals surface area contributed by atoms with Gasteiger partial charge in [0.25, 0.3) is 0 Å². The predicted octanol–water partition coefficient (Wildman–Crippen LogP) is -1.61. The van der Waals surface area contributed by atoms with Gasteiger partial charge in [0.2, 0.25) is 0 Å². The van der Waals surface area contributed by atoms with Crippen molar-refractivity contribution < 1.29 is 5.53 Å². The Balaban J connectivity index is 2.38. The van der Waals surface area contributed by atoms with Gasteiger partial charge in [-0.1, -0.05) is 0 Å². The molecule has 0 fully saturated rings. The molecule has 0 unspecified atom stereocenters. The van der Waals surface area contributed by atoms with Crippen molar-refractivity contribution in [3.05, 3.63) is 12.4 Å². The molecule has 0 radical (unpaired) electrons. The lowest BCUT2D eigenvalue weighted by Crippen LogP contribution is -2.95. The SMILES string of the molecule is CN1C=CN[NH2+]1. The third kappa shape index (κ3) is 0.440. The molecule has 3 N–H and O–H groups in total. The van der Waals surface area contributed by atoms with E-state index < -0.39 is 0 Å². The molecule has 1 heterocycles. The first-order valence-electron chi connectivity index (χ1n) is 1.87. The van der Waals surface area contributed by atoms with Crippen molar-refractivity contribution >= 4 is 0 Å². The molecule has 0 aliphatic carbocycles. The maximum atomic E-state index is 2.89. The van der Waals surface area contributed by atoms with Crippen LogP contribution in [0.4, 0.5) is 0 Å². The van der Waals surface area contributed by atoms with Gasteiger partial charge in [-0.25, -0.2) is 10.4 Å². The average Bonchev–Trinajstić information content (AvgIpc) is 1.86. The van der Waals surface area contributed by atoms with Crippen LogP contribution in [0.1, 0.15) is 0 Å². The first kappa shape index (κ1) is 3.49. The Morgan fingerprint density at radius 2 is 2.67 bits per heavy atom. The second-order valence-electron chi connectivity index (χ2n) is 1.28. The van der Waals surface area contributed by atoms with Crippen LogP contribution in [0.3, 0.4) is 0 Å². The molecule has 34 valence electrons. The largest absolute Gasteiger partial charge is 0.221 e. The molecule has 0 aromatic rings. The number of quaternary nitrogens is 1. The van der Waals surface area contributed by atoms with Gasteiger partial charge in [-0.2, -0.15) is 0 Å². The maximum Gasteiger partial charge on any atom is 0.0752 e. The molecular formula is C3H8N3+. The third-order valence-electron chi connectivity index (χ3n) is 0.684. The fourth-order valence-corrected chi connectivity index (χ4v) is 0.364. The smallest absolute Gasteiger partial charge is 0.0752 e. The van der Waals surface area contributed by atoms with Gasteiger partial charge in [0.15, 0.2) is 0 Å². The Morgan fingerprint density at radius 3 is 2.83 bits per heavy atom. The molecule has 0 amide bonds. The Kier molecular flexibility index (Phi) is 0.686. The summed E-state index contributed by atoms with van der Waals surface area (Å²) in [5.41, 5.74) is 4.77. The molecule has 1 aliphatic rings. The second kappa shape index (κ2) is 1.18. The Morgan fingerprint density at radius 1 is 1.83 bits per heavy atom. The van der Waals surface area contributed by atoms with E-state index in [1.807, 2.05) is 30.0 Å². The van der Waals surface area contributed by atoms with Gasteiger partial charge in [-0.05, 0) is 0 Å². The monoisotopic (exact) mass is 86.1 g/mol. The normalized spacial score (nSPS) is 18.5. The van der Waals surface area contributed by atoms with Crippen molar-refractivity contribution in [3.8, 4) is 0 Å². The summed E-state index contributed by atoms with van der Waals surface area (Å²) in [6, 6.07) is 0. The first-order valence-corrected chi connectivity index (χ1v) is 1.87. The van der Waals surface area contributed by atoms with Crippen LogP contribution in [0.25, 0.3) is 0 Å². The zero-order valence-electron chi connectivity index (χ0n) is 3.68. The summed E-state index contributed by atoms with van der Waals surface area (Å²) in [7, 11) is 1.97. The van der Waals surface area contributed by atoms with E-state index in [4.69, 9.17) is 0 Å². The van der Waals surface area contributed by atoms with E-state index >= 15 is 0 Å². The highest BCUT2D eigenvalue weighted by atomic mass is 15.7. The molecular weight excluding hydrogens is 78.1 g/mol. The van der Waals surface area contributed by atoms with E-state index in [9.17, 15) is 0 Å². The lowest BCUT2D eigenvalue weighted by atomic mass is 10.9. The zero-order chi connectivity index (χ0) is 4.41. The topological polar surface area (TPSA) is 31.9 Å². The minimum Gasteiger partial charge on any atom is -0.221 e. The van der Waals surface area contributed by atoms with Crippen LogP contribution in [-0.4, -0.2) is 12.1 Å². The summed E-state index contributed by atoms with van der Waals surface area (Å²) in [6.45, 7) is 0. The molecule has 0 aromatic heterocycles. The quantitative estimate of drug-likeness (QED) is 0.347. The van der Waals surface area contributed by atoms with Crippen molar-refractivity contribution in [2.75, 3.05) is 7.05 Å². The second-order valence-corrected chi connectivity index (χ2v) is 1.28. The number of hydrogen-bond acceptors (Lipinski definition) is 2. The average molecular weight is 86.1 g/mol. The lowest BCUT2D eigenvalue weighted by molar-refractivity contribution is -0.817. The van der Waals surface area contributed by atoms with Crippen LogP contribution < -0.4 is 11.0 Å². The third-order valence-corrected chi connectivity index (χ3v) is 0.684. The van der Waals surface area contributed by atoms with Crippen LogP contribution in [0.2, 0.25) is 0 Å². The highest BCUT2D eigenvalue weighted by molar-refractivity contribution is 4.72. The van der Waals surface area contributed by atoms with Crippen molar-refractivity contribution in [1.82, 2.24) is 10.4 Å². The summed E-state index contributed by atoms with van der Waals surface area (Å²) in [5.74, 6) is 0. The summed E-state index contributed by atoms with van der Waals surface area (Å²) in [5, 5.41) is 1.94. The molecule has 3 nitrogen and oxygen atoms in total. The van der Waals surface area contributed by atoms with Gasteiger partial charge < -0.3 is 0 Å². The molecule has 0 bridgehead atoms. The number of nitrogens with one attached hydrogen (secondary N) is 1. The van der Waals surface area contributed by atoms with Crippen LogP contribution >= 0.6 is 0 Å². The fourth-order valence-electron chi connectivity index (χ4n) is 0.364. The Hall–Kier alpha value is -0.700. The molecule has 0 saturated heterocycles. The van der Waals surface area contributed by atoms with Crippen molar-refractivity contribution in [3.63, 3.8) is 0 Å². The zero-order valence-corrected chi connectivity index (χ0v) is 3.68. The number of rotatable bonds is 0. The standard InChI is InChI=1S/C3H7N3/c1-6-3-2-4-5-6/h2-5H,1H3/p+1. The minimum atomic E-state index is 1.88. The van der Waals surface area contributed by atoms with Crippen LogP contribution in [0.5, 0.6) is 0 Å². The molecule has 0 aromatic carbocycles. The number of hydrogen-bond donors (Lipinski definition) is 2. The van der Waals surface area contributed by atoms with E-state index in [1.54, 1.807) is 0 Å². The van der Waals surface area contributed by atoms with Gasteiger partial charge in [0, 0.05) is 0 Å². The van der Waals surface area contributed by atoms with Crippen LogP contribution in [0.15, 0.2) is 12.4 Å².